The lowest BCUT2D eigenvalue weighted by Crippen LogP contribution is -2.61. The van der Waals surface area contributed by atoms with Crippen LogP contribution in [0.25, 0.3) is 0 Å². The highest BCUT2D eigenvalue weighted by Gasteiger charge is 2.47. The lowest BCUT2D eigenvalue weighted by Gasteiger charge is -2.41. The maximum atomic E-state index is 13.4. The third-order valence-electron chi connectivity index (χ3n) is 13.6. The van der Waals surface area contributed by atoms with E-state index in [2.05, 4.69) is 86.8 Å². The summed E-state index contributed by atoms with van der Waals surface area (Å²) in [5.41, 5.74) is 0. The Hall–Kier alpha value is -2.90. The van der Waals surface area contributed by atoms with Gasteiger partial charge >= 0.3 is 5.97 Å². The molecule has 11 nitrogen and oxygen atoms in total. The van der Waals surface area contributed by atoms with Crippen molar-refractivity contribution in [3.8, 4) is 0 Å². The van der Waals surface area contributed by atoms with Gasteiger partial charge < -0.3 is 45.1 Å². The number of amides is 1. The Morgan fingerprint density at radius 2 is 0.986 bits per heavy atom. The van der Waals surface area contributed by atoms with Crippen LogP contribution in [0.5, 0.6) is 0 Å². The summed E-state index contributed by atoms with van der Waals surface area (Å²) in [6.45, 7) is 5.65. The van der Waals surface area contributed by atoms with Gasteiger partial charge in [0.15, 0.2) is 12.4 Å². The van der Waals surface area contributed by atoms with Crippen molar-refractivity contribution in [2.24, 2.45) is 0 Å². The van der Waals surface area contributed by atoms with Crippen LogP contribution in [0, 0.1) is 0 Å². The molecule has 0 aromatic carbocycles. The molecular weight excluding hydrogens is 919 g/mol. The number of carbonyl (C=O) groups is 2. The van der Waals surface area contributed by atoms with Crippen LogP contribution >= 0.6 is 0 Å². The number of unbranched alkanes of at least 4 members (excludes halogenated alkanes) is 25. The zero-order chi connectivity index (χ0) is 53.3. The number of rotatable bonds is 49. The van der Waals surface area contributed by atoms with Crippen molar-refractivity contribution in [3.63, 3.8) is 0 Å². The van der Waals surface area contributed by atoms with Crippen LogP contribution in [0.2, 0.25) is 0 Å². The van der Waals surface area contributed by atoms with Gasteiger partial charge in [0.1, 0.15) is 24.4 Å². The van der Waals surface area contributed by atoms with Crippen molar-refractivity contribution in [3.05, 3.63) is 72.9 Å². The van der Waals surface area contributed by atoms with Gasteiger partial charge in [0.2, 0.25) is 5.91 Å². The van der Waals surface area contributed by atoms with Gasteiger partial charge in [0.05, 0.1) is 25.4 Å². The molecule has 1 heterocycles. The van der Waals surface area contributed by atoms with E-state index in [1.165, 1.54) is 116 Å². The lowest BCUT2D eigenvalue weighted by atomic mass is 9.99. The SMILES string of the molecule is CC/C=C\C/C=C\C/C=C\C/C=C\C/C=C\CCCCC(O)C(=O)NC(COC1OC(CO)C(O)C(O)C1OC(=O)CCCCCCCCCCCCCCC)C(O)/C=C/CCCCCCCCCCCCC. The Kier molecular flexibility index (Phi) is 46.6. The van der Waals surface area contributed by atoms with Crippen molar-refractivity contribution in [2.45, 2.75) is 294 Å². The fourth-order valence-electron chi connectivity index (χ4n) is 8.91. The number of hydrogen-bond donors (Lipinski definition) is 6. The van der Waals surface area contributed by atoms with Crippen LogP contribution in [0.15, 0.2) is 72.9 Å². The molecule has 8 atom stereocenters. The van der Waals surface area contributed by atoms with Crippen LogP contribution < -0.4 is 5.32 Å². The maximum Gasteiger partial charge on any atom is 0.306 e. The summed E-state index contributed by atoms with van der Waals surface area (Å²) in [5.74, 6) is -1.23. The Balaban J connectivity index is 2.76. The highest BCUT2D eigenvalue weighted by atomic mass is 16.7. The van der Waals surface area contributed by atoms with Gasteiger partial charge in [-0.05, 0) is 70.6 Å². The van der Waals surface area contributed by atoms with Gasteiger partial charge in [-0.1, -0.05) is 241 Å². The van der Waals surface area contributed by atoms with Crippen molar-refractivity contribution in [2.75, 3.05) is 13.2 Å². The molecule has 11 heteroatoms. The first-order valence-electron chi connectivity index (χ1n) is 29.7. The smallest absolute Gasteiger partial charge is 0.306 e. The molecule has 0 radical (unpaired) electrons. The fourth-order valence-corrected chi connectivity index (χ4v) is 8.91. The van der Waals surface area contributed by atoms with Crippen molar-refractivity contribution in [1.82, 2.24) is 5.32 Å². The van der Waals surface area contributed by atoms with Gasteiger partial charge in [-0.25, -0.2) is 0 Å². The quantitative estimate of drug-likeness (QED) is 0.0195. The van der Waals surface area contributed by atoms with Crippen LogP contribution in [-0.2, 0) is 23.8 Å². The molecule has 73 heavy (non-hydrogen) atoms. The lowest BCUT2D eigenvalue weighted by molar-refractivity contribution is -0.305. The average molecular weight is 1030 g/mol. The van der Waals surface area contributed by atoms with E-state index in [9.17, 15) is 35.1 Å². The van der Waals surface area contributed by atoms with Gasteiger partial charge in [0.25, 0.3) is 0 Å². The van der Waals surface area contributed by atoms with Crippen LogP contribution in [-0.4, -0.2) is 99.6 Å². The molecule has 0 aliphatic carbocycles. The van der Waals surface area contributed by atoms with Gasteiger partial charge in [-0.2, -0.15) is 0 Å². The molecule has 1 aliphatic rings. The van der Waals surface area contributed by atoms with E-state index in [1.54, 1.807) is 6.08 Å². The highest BCUT2D eigenvalue weighted by Crippen LogP contribution is 2.26. The molecule has 8 unspecified atom stereocenters. The van der Waals surface area contributed by atoms with Crippen molar-refractivity contribution < 1.29 is 49.3 Å². The molecule has 0 saturated carbocycles. The second-order valence-corrected chi connectivity index (χ2v) is 20.4. The number of hydrogen-bond acceptors (Lipinski definition) is 10. The standard InChI is InChI=1S/C62H109NO10/c1-4-7-10-13-16-19-22-25-26-27-28-29-32-34-37-40-43-46-49-55(66)61(70)63-53(54(65)48-45-42-39-36-33-30-23-20-17-14-11-8-5-2)52-71-62-60(59(69)58(68)56(51-64)72-62)73-57(67)50-47-44-41-38-35-31-24-21-18-15-12-9-6-3/h7,10,16,19,25-26,28-29,34,37,45,48,53-56,58-60,62,64-66,68-69H,4-6,8-9,11-15,17-18,20-24,27,30-33,35-36,38-44,46-47,49-52H2,1-3H3,(H,63,70)/b10-7-,19-16-,26-25-,29-28-,37-34-,48-45+. The Bertz CT molecular complexity index is 1460. The maximum absolute atomic E-state index is 13.4. The van der Waals surface area contributed by atoms with Crippen LogP contribution in [0.1, 0.15) is 245 Å². The van der Waals surface area contributed by atoms with Crippen LogP contribution in [0.4, 0.5) is 0 Å². The number of nitrogens with one attached hydrogen (secondary N) is 1. The first-order chi connectivity index (χ1) is 35.7. The predicted molar refractivity (Wildman–Crippen MR) is 301 cm³/mol. The first-order valence-corrected chi connectivity index (χ1v) is 29.7. The molecule has 1 aliphatic heterocycles. The topological polar surface area (TPSA) is 175 Å². The Morgan fingerprint density at radius 3 is 1.48 bits per heavy atom. The van der Waals surface area contributed by atoms with E-state index < -0.39 is 67.4 Å². The molecule has 6 N–H and O–H groups in total. The summed E-state index contributed by atoms with van der Waals surface area (Å²) in [5, 5.41) is 56.8. The summed E-state index contributed by atoms with van der Waals surface area (Å²) in [7, 11) is 0. The predicted octanol–water partition coefficient (Wildman–Crippen LogP) is 13.6. The van der Waals surface area contributed by atoms with Crippen molar-refractivity contribution in [1.29, 1.82) is 0 Å². The minimum atomic E-state index is -1.62. The third kappa shape index (κ3) is 38.3. The molecule has 0 aromatic heterocycles. The number of aliphatic hydroxyl groups excluding tert-OH is 5. The number of allylic oxidation sites excluding steroid dienone is 11. The second-order valence-electron chi connectivity index (χ2n) is 20.4. The summed E-state index contributed by atoms with van der Waals surface area (Å²) >= 11 is 0. The normalized spacial score (nSPS) is 19.9. The molecule has 0 spiro atoms. The highest BCUT2D eigenvalue weighted by molar-refractivity contribution is 5.80. The summed E-state index contributed by atoms with van der Waals surface area (Å²) < 4.78 is 17.6. The van der Waals surface area contributed by atoms with E-state index in [0.29, 0.717) is 12.8 Å². The zero-order valence-electron chi connectivity index (χ0n) is 46.5. The summed E-state index contributed by atoms with van der Waals surface area (Å²) in [6, 6.07) is -1.04. The molecule has 422 valence electrons. The van der Waals surface area contributed by atoms with E-state index in [0.717, 1.165) is 83.5 Å². The molecule has 1 saturated heterocycles. The Morgan fingerprint density at radius 1 is 0.548 bits per heavy atom. The van der Waals surface area contributed by atoms with E-state index >= 15 is 0 Å². The van der Waals surface area contributed by atoms with Crippen LogP contribution in [0.3, 0.4) is 0 Å². The Labute approximate surface area is 445 Å². The zero-order valence-corrected chi connectivity index (χ0v) is 46.5. The molecule has 1 rings (SSSR count). The van der Waals surface area contributed by atoms with E-state index in [1.807, 2.05) is 6.08 Å². The summed E-state index contributed by atoms with van der Waals surface area (Å²) in [6.07, 6.45) is 52.2. The van der Waals surface area contributed by atoms with E-state index in [4.69, 9.17) is 14.2 Å². The minimum absolute atomic E-state index is 0.120. The minimum Gasteiger partial charge on any atom is -0.454 e. The van der Waals surface area contributed by atoms with Gasteiger partial charge in [-0.15, -0.1) is 0 Å². The largest absolute Gasteiger partial charge is 0.454 e. The molecule has 1 fully saturated rings. The number of ether oxygens (including phenoxy) is 3. The van der Waals surface area contributed by atoms with E-state index in [-0.39, 0.29) is 19.4 Å². The van der Waals surface area contributed by atoms with Gasteiger partial charge in [0, 0.05) is 6.42 Å². The summed E-state index contributed by atoms with van der Waals surface area (Å²) in [4.78, 5) is 26.5. The second kappa shape index (κ2) is 49.9. The fraction of sp³-hybridized carbons (Fsp3) is 0.774. The third-order valence-corrected chi connectivity index (χ3v) is 13.6. The molecule has 0 bridgehead atoms. The average Bonchev–Trinajstić information content (AvgIpc) is 3.39. The number of esters is 1. The molecule has 1 amide bonds. The van der Waals surface area contributed by atoms with Crippen molar-refractivity contribution >= 4 is 11.9 Å². The monoisotopic (exact) mass is 1030 g/mol. The molecule has 0 aromatic rings. The number of carbonyl (C=O) groups excluding carboxylic acids is 2. The first kappa shape index (κ1) is 68.1. The number of aliphatic hydroxyl groups is 5. The van der Waals surface area contributed by atoms with Gasteiger partial charge in [-0.3, -0.25) is 9.59 Å². The molecular formula is C62H109NO10.